The van der Waals surface area contributed by atoms with Crippen molar-refractivity contribution in [1.82, 2.24) is 10.6 Å². The molecule has 0 unspecified atom stereocenters. The first-order valence-corrected chi connectivity index (χ1v) is 15.7. The predicted molar refractivity (Wildman–Crippen MR) is 181 cm³/mol. The van der Waals surface area contributed by atoms with Crippen molar-refractivity contribution in [2.75, 3.05) is 6.61 Å². The molecule has 0 spiro atoms. The van der Waals surface area contributed by atoms with Gasteiger partial charge in [0.15, 0.2) is 5.60 Å². The molecular formula is C40H36N2O5. The Morgan fingerprint density at radius 2 is 1.02 bits per heavy atom. The van der Waals surface area contributed by atoms with Crippen LogP contribution in [0.1, 0.15) is 47.6 Å². The first-order valence-electron chi connectivity index (χ1n) is 15.7. The van der Waals surface area contributed by atoms with Crippen LogP contribution in [0.5, 0.6) is 0 Å². The number of carbonyl (C=O) groups is 3. The van der Waals surface area contributed by atoms with E-state index in [1.165, 1.54) is 6.92 Å². The van der Waals surface area contributed by atoms with Crippen LogP contribution in [0, 0.1) is 0 Å². The quantitative estimate of drug-likeness (QED) is 0.130. The number of rotatable bonds is 10. The minimum atomic E-state index is -1.27. The largest absolute Gasteiger partial charge is 0.449 e. The maximum Gasteiger partial charge on any atom is 0.407 e. The third-order valence-electron chi connectivity index (χ3n) is 8.58. The van der Waals surface area contributed by atoms with E-state index in [0.717, 1.165) is 38.9 Å². The van der Waals surface area contributed by atoms with Crippen molar-refractivity contribution >= 4 is 18.0 Å². The lowest BCUT2D eigenvalue weighted by Gasteiger charge is -2.36. The topological polar surface area (TPSA) is 93.7 Å². The monoisotopic (exact) mass is 624 g/mol. The Morgan fingerprint density at radius 1 is 0.596 bits per heavy atom. The van der Waals surface area contributed by atoms with E-state index < -0.39 is 35.7 Å². The number of hydrogen-bond acceptors (Lipinski definition) is 5. The number of ether oxygens (including phenoxy) is 2. The number of nitrogens with one attached hydrogen (secondary N) is 2. The van der Waals surface area contributed by atoms with Gasteiger partial charge in [-0.25, -0.2) is 9.59 Å². The number of hydrogen-bond donors (Lipinski definition) is 2. The Labute approximate surface area is 274 Å². The fourth-order valence-corrected chi connectivity index (χ4v) is 6.21. The van der Waals surface area contributed by atoms with Crippen LogP contribution < -0.4 is 10.6 Å². The van der Waals surface area contributed by atoms with Crippen LogP contribution >= 0.6 is 0 Å². The van der Waals surface area contributed by atoms with Crippen molar-refractivity contribution in [1.29, 1.82) is 0 Å². The van der Waals surface area contributed by atoms with Crippen molar-refractivity contribution in [3.8, 4) is 11.1 Å². The van der Waals surface area contributed by atoms with E-state index >= 15 is 0 Å². The van der Waals surface area contributed by atoms with Crippen molar-refractivity contribution in [3.63, 3.8) is 0 Å². The molecule has 7 heteroatoms. The number of alkyl carbamates (subject to hydrolysis) is 1. The minimum absolute atomic E-state index is 0.105. The summed E-state index contributed by atoms with van der Waals surface area (Å²) in [4.78, 5) is 39.7. The molecule has 6 rings (SSSR count). The number of esters is 1. The summed E-state index contributed by atoms with van der Waals surface area (Å²) in [5.41, 5.74) is 5.45. The lowest BCUT2D eigenvalue weighted by molar-refractivity contribution is -0.156. The molecule has 1 aliphatic rings. The Bertz CT molecular complexity index is 1720. The van der Waals surface area contributed by atoms with Gasteiger partial charge in [0.05, 0.1) is 0 Å². The Morgan fingerprint density at radius 3 is 1.49 bits per heavy atom. The van der Waals surface area contributed by atoms with Crippen molar-refractivity contribution < 1.29 is 23.9 Å². The standard InChI is InChI=1S/C40H36N2O5/c1-27(42-39(45)46-26-36-34-24-14-12-22-32(34)33-23-13-15-25-35(33)36)37(43)41-28(2)38(44)47-40(29-16-6-3-7-17-29,30-18-8-4-9-19-30)31-20-10-5-11-21-31/h3-25,27-28,36H,26H2,1-2H3,(H,41,43)(H,42,45)/t27-,28-/m0/s1. The maximum absolute atomic E-state index is 13.8. The molecule has 0 saturated carbocycles. The highest BCUT2D eigenvalue weighted by molar-refractivity contribution is 5.89. The fraction of sp³-hybridized carbons (Fsp3) is 0.175. The Balaban J connectivity index is 1.12. The molecule has 2 N–H and O–H groups in total. The molecule has 5 aromatic rings. The molecule has 0 aromatic heterocycles. The van der Waals surface area contributed by atoms with Crippen molar-refractivity contribution in [2.45, 2.75) is 37.5 Å². The summed E-state index contributed by atoms with van der Waals surface area (Å²) in [6.45, 7) is 3.22. The predicted octanol–water partition coefficient (Wildman–Crippen LogP) is 6.95. The Hall–Kier alpha value is -5.69. The van der Waals surface area contributed by atoms with Gasteiger partial charge in [0.2, 0.25) is 5.91 Å². The van der Waals surface area contributed by atoms with Crippen LogP contribution in [0.15, 0.2) is 140 Å². The van der Waals surface area contributed by atoms with Gasteiger partial charge in [0.1, 0.15) is 18.7 Å². The second kappa shape index (κ2) is 13.7. The van der Waals surface area contributed by atoms with E-state index in [2.05, 4.69) is 22.8 Å². The van der Waals surface area contributed by atoms with Gasteiger partial charge in [-0.2, -0.15) is 0 Å². The highest BCUT2D eigenvalue weighted by Gasteiger charge is 2.41. The van der Waals surface area contributed by atoms with Crippen LogP contribution in [0.25, 0.3) is 11.1 Å². The van der Waals surface area contributed by atoms with Gasteiger partial charge in [-0.05, 0) is 36.1 Å². The van der Waals surface area contributed by atoms with Crippen LogP contribution in [0.4, 0.5) is 4.79 Å². The molecule has 5 aromatic carbocycles. The fourth-order valence-electron chi connectivity index (χ4n) is 6.21. The molecule has 0 saturated heterocycles. The maximum atomic E-state index is 13.8. The van der Waals surface area contributed by atoms with Gasteiger partial charge in [0.25, 0.3) is 0 Å². The van der Waals surface area contributed by atoms with Crippen LogP contribution in [-0.2, 0) is 24.7 Å². The SMILES string of the molecule is C[C@H](NC(=O)OCC1c2ccccc2-c2ccccc21)C(=O)N[C@@H](C)C(=O)OC(c1ccccc1)(c1ccccc1)c1ccccc1. The van der Waals surface area contributed by atoms with Gasteiger partial charge < -0.3 is 20.1 Å². The summed E-state index contributed by atoms with van der Waals surface area (Å²) < 4.78 is 12.0. The lowest BCUT2D eigenvalue weighted by atomic mass is 9.80. The van der Waals surface area contributed by atoms with Crippen LogP contribution in [0.3, 0.4) is 0 Å². The molecule has 0 bridgehead atoms. The molecule has 0 radical (unpaired) electrons. The first kappa shape index (κ1) is 31.3. The van der Waals surface area contributed by atoms with E-state index in [0.29, 0.717) is 0 Å². The third kappa shape index (κ3) is 6.38. The first-order chi connectivity index (χ1) is 22.9. The van der Waals surface area contributed by atoms with E-state index in [1.807, 2.05) is 127 Å². The molecule has 0 aliphatic heterocycles. The molecule has 0 fully saturated rings. The van der Waals surface area contributed by atoms with Crippen LogP contribution in [0.2, 0.25) is 0 Å². The lowest BCUT2D eigenvalue weighted by Crippen LogP contribution is -2.51. The summed E-state index contributed by atoms with van der Waals surface area (Å²) >= 11 is 0. The van der Waals surface area contributed by atoms with Crippen molar-refractivity contribution in [2.24, 2.45) is 0 Å². The van der Waals surface area contributed by atoms with Crippen LogP contribution in [-0.4, -0.2) is 36.7 Å². The molecule has 0 heterocycles. The second-order valence-electron chi connectivity index (χ2n) is 11.6. The average Bonchev–Trinajstić information content (AvgIpc) is 3.44. The number of fused-ring (bicyclic) bond motifs is 3. The van der Waals surface area contributed by atoms with E-state index in [1.54, 1.807) is 6.92 Å². The van der Waals surface area contributed by atoms with Gasteiger partial charge in [-0.15, -0.1) is 0 Å². The molecule has 2 atom stereocenters. The zero-order chi connectivity index (χ0) is 32.8. The normalized spacial score (nSPS) is 13.4. The summed E-state index contributed by atoms with van der Waals surface area (Å²) in [7, 11) is 0. The van der Waals surface area contributed by atoms with Gasteiger partial charge in [-0.1, -0.05) is 140 Å². The molecular weight excluding hydrogens is 588 g/mol. The molecule has 1 aliphatic carbocycles. The van der Waals surface area contributed by atoms with Gasteiger partial charge in [0, 0.05) is 22.6 Å². The highest BCUT2D eigenvalue weighted by Crippen LogP contribution is 2.44. The smallest absolute Gasteiger partial charge is 0.407 e. The highest BCUT2D eigenvalue weighted by atomic mass is 16.6. The molecule has 7 nitrogen and oxygen atoms in total. The second-order valence-corrected chi connectivity index (χ2v) is 11.6. The van der Waals surface area contributed by atoms with Gasteiger partial charge >= 0.3 is 12.1 Å². The summed E-state index contributed by atoms with van der Waals surface area (Å²) in [5, 5.41) is 5.30. The summed E-state index contributed by atoms with van der Waals surface area (Å²) in [6.07, 6.45) is -0.721. The third-order valence-corrected chi connectivity index (χ3v) is 8.58. The number of carbonyl (C=O) groups excluding carboxylic acids is 3. The molecule has 2 amide bonds. The van der Waals surface area contributed by atoms with Gasteiger partial charge in [-0.3, -0.25) is 4.79 Å². The zero-order valence-corrected chi connectivity index (χ0v) is 26.3. The minimum Gasteiger partial charge on any atom is -0.449 e. The van der Waals surface area contributed by atoms with E-state index in [-0.39, 0.29) is 12.5 Å². The average molecular weight is 625 g/mol. The number of benzene rings is 5. The summed E-state index contributed by atoms with van der Waals surface area (Å²) in [5.74, 6) is -1.29. The van der Waals surface area contributed by atoms with E-state index in [9.17, 15) is 14.4 Å². The van der Waals surface area contributed by atoms with E-state index in [4.69, 9.17) is 9.47 Å². The summed E-state index contributed by atoms with van der Waals surface area (Å²) in [6, 6.07) is 42.7. The number of amides is 2. The Kier molecular flexibility index (Phi) is 9.16. The molecule has 47 heavy (non-hydrogen) atoms. The zero-order valence-electron chi connectivity index (χ0n) is 26.3. The van der Waals surface area contributed by atoms with Crippen molar-refractivity contribution in [3.05, 3.63) is 167 Å². The molecule has 236 valence electrons.